The number of methoxy groups -OCH3 is 1. The molecule has 0 radical (unpaired) electrons. The predicted molar refractivity (Wildman–Crippen MR) is 73.7 cm³/mol. The smallest absolute Gasteiger partial charge is 0.242 e. The molecule has 0 aromatic carbocycles. The molecule has 1 rings (SSSR count). The van der Waals surface area contributed by atoms with Crippen LogP contribution in [0.4, 0.5) is 0 Å². The molecule has 108 valence electrons. The lowest BCUT2D eigenvalue weighted by Crippen LogP contribution is -2.35. The normalized spacial score (nSPS) is 11.0. The highest BCUT2D eigenvalue weighted by molar-refractivity contribution is 5.75. The number of carbonyl (C=O) groups is 1. The van der Waals surface area contributed by atoms with Crippen LogP contribution in [0, 0.1) is 0 Å². The van der Waals surface area contributed by atoms with Gasteiger partial charge in [-0.2, -0.15) is 0 Å². The lowest BCUT2D eigenvalue weighted by Gasteiger charge is -2.21. The minimum atomic E-state index is 0.0892. The van der Waals surface area contributed by atoms with Crippen LogP contribution in [-0.4, -0.2) is 53.7 Å². The predicted octanol–water partition coefficient (Wildman–Crippen LogP) is 0.486. The van der Waals surface area contributed by atoms with E-state index in [-0.39, 0.29) is 11.9 Å². The first-order chi connectivity index (χ1) is 9.04. The van der Waals surface area contributed by atoms with E-state index in [0.717, 1.165) is 12.2 Å². The molecular formula is C13H24N4O2. The van der Waals surface area contributed by atoms with E-state index in [1.807, 2.05) is 31.7 Å². The van der Waals surface area contributed by atoms with Crippen LogP contribution in [0.1, 0.15) is 19.5 Å². The summed E-state index contributed by atoms with van der Waals surface area (Å²) in [6.45, 7) is 6.48. The zero-order valence-electron chi connectivity index (χ0n) is 12.2. The lowest BCUT2D eigenvalue weighted by molar-refractivity contribution is -0.131. The van der Waals surface area contributed by atoms with Crippen molar-refractivity contribution in [1.29, 1.82) is 0 Å². The average Bonchev–Trinajstić information content (AvgIpc) is 2.81. The summed E-state index contributed by atoms with van der Waals surface area (Å²) in [5, 5.41) is 3.21. The van der Waals surface area contributed by atoms with Gasteiger partial charge in [0.15, 0.2) is 0 Å². The molecule has 6 nitrogen and oxygen atoms in total. The third kappa shape index (κ3) is 5.40. The van der Waals surface area contributed by atoms with Crippen LogP contribution in [-0.2, 0) is 22.6 Å². The molecule has 0 spiro atoms. The van der Waals surface area contributed by atoms with Crippen molar-refractivity contribution in [3.63, 3.8) is 0 Å². The van der Waals surface area contributed by atoms with Gasteiger partial charge in [0, 0.05) is 39.5 Å². The number of rotatable bonds is 8. The van der Waals surface area contributed by atoms with Gasteiger partial charge in [-0.25, -0.2) is 4.98 Å². The van der Waals surface area contributed by atoms with Gasteiger partial charge in [-0.15, -0.1) is 0 Å². The molecule has 0 fully saturated rings. The van der Waals surface area contributed by atoms with Crippen molar-refractivity contribution >= 4 is 5.91 Å². The summed E-state index contributed by atoms with van der Waals surface area (Å²) >= 11 is 0. The Labute approximate surface area is 114 Å². The van der Waals surface area contributed by atoms with Crippen molar-refractivity contribution in [2.24, 2.45) is 0 Å². The van der Waals surface area contributed by atoms with Crippen molar-refractivity contribution in [2.45, 2.75) is 33.0 Å². The van der Waals surface area contributed by atoms with Crippen molar-refractivity contribution in [3.8, 4) is 0 Å². The third-order valence-corrected chi connectivity index (χ3v) is 2.96. The molecule has 0 saturated carbocycles. The number of likely N-dealkylation sites (N-methyl/N-ethyl adjacent to an activating group) is 1. The Morgan fingerprint density at radius 3 is 2.95 bits per heavy atom. The monoisotopic (exact) mass is 268 g/mol. The SMILES string of the molecule is COCCNCc1cn(CC(=O)N(C)C(C)C)cn1. The summed E-state index contributed by atoms with van der Waals surface area (Å²) in [6.07, 6.45) is 3.59. The molecule has 1 N–H and O–H groups in total. The average molecular weight is 268 g/mol. The van der Waals surface area contributed by atoms with Crippen LogP contribution in [0.3, 0.4) is 0 Å². The molecule has 0 unspecified atom stereocenters. The molecule has 19 heavy (non-hydrogen) atoms. The standard InChI is InChI=1S/C13H24N4O2/c1-11(2)16(3)13(18)9-17-8-12(15-10-17)7-14-5-6-19-4/h8,10-11,14H,5-7,9H2,1-4H3. The molecular weight excluding hydrogens is 244 g/mol. The highest BCUT2D eigenvalue weighted by atomic mass is 16.5. The zero-order chi connectivity index (χ0) is 14.3. The highest BCUT2D eigenvalue weighted by Gasteiger charge is 2.12. The highest BCUT2D eigenvalue weighted by Crippen LogP contribution is 2.00. The van der Waals surface area contributed by atoms with Crippen LogP contribution < -0.4 is 5.32 Å². The fourth-order valence-corrected chi connectivity index (χ4v) is 1.53. The van der Waals surface area contributed by atoms with Crippen molar-refractivity contribution < 1.29 is 9.53 Å². The molecule has 0 atom stereocenters. The number of nitrogens with zero attached hydrogens (tertiary/aromatic N) is 3. The summed E-state index contributed by atoms with van der Waals surface area (Å²) < 4.78 is 6.76. The maximum Gasteiger partial charge on any atom is 0.242 e. The molecule has 0 aliphatic heterocycles. The number of aromatic nitrogens is 2. The minimum Gasteiger partial charge on any atom is -0.383 e. The number of ether oxygens (including phenoxy) is 1. The van der Waals surface area contributed by atoms with E-state index in [9.17, 15) is 4.79 Å². The number of hydrogen-bond donors (Lipinski definition) is 1. The van der Waals surface area contributed by atoms with Gasteiger partial charge in [-0.1, -0.05) is 0 Å². The van der Waals surface area contributed by atoms with Gasteiger partial charge in [0.25, 0.3) is 0 Å². The quantitative estimate of drug-likeness (QED) is 0.697. The third-order valence-electron chi connectivity index (χ3n) is 2.96. The van der Waals surface area contributed by atoms with Gasteiger partial charge in [0.2, 0.25) is 5.91 Å². The summed E-state index contributed by atoms with van der Waals surface area (Å²) in [7, 11) is 3.49. The van der Waals surface area contributed by atoms with Gasteiger partial charge >= 0.3 is 0 Å². The summed E-state index contributed by atoms with van der Waals surface area (Å²) in [5.74, 6) is 0.0892. The largest absolute Gasteiger partial charge is 0.383 e. The Hall–Kier alpha value is -1.40. The van der Waals surface area contributed by atoms with E-state index < -0.39 is 0 Å². The van der Waals surface area contributed by atoms with Crippen LogP contribution in [0.25, 0.3) is 0 Å². The van der Waals surface area contributed by atoms with E-state index in [1.165, 1.54) is 0 Å². The Morgan fingerprint density at radius 1 is 1.58 bits per heavy atom. The molecule has 1 aromatic heterocycles. The van der Waals surface area contributed by atoms with E-state index in [2.05, 4.69) is 10.3 Å². The first-order valence-electron chi connectivity index (χ1n) is 6.50. The maximum atomic E-state index is 11.9. The summed E-state index contributed by atoms with van der Waals surface area (Å²) in [4.78, 5) is 17.9. The molecule has 1 amide bonds. The fourth-order valence-electron chi connectivity index (χ4n) is 1.53. The van der Waals surface area contributed by atoms with Crippen LogP contribution in [0.2, 0.25) is 0 Å². The van der Waals surface area contributed by atoms with Gasteiger partial charge in [-0.05, 0) is 13.8 Å². The van der Waals surface area contributed by atoms with Gasteiger partial charge < -0.3 is 19.5 Å². The topological polar surface area (TPSA) is 59.4 Å². The number of hydrogen-bond acceptors (Lipinski definition) is 4. The molecule has 6 heteroatoms. The second-order valence-electron chi connectivity index (χ2n) is 4.81. The van der Waals surface area contributed by atoms with Crippen molar-refractivity contribution in [1.82, 2.24) is 19.8 Å². The molecule has 0 aliphatic rings. The molecule has 1 aromatic rings. The Kier molecular flexibility index (Phi) is 6.52. The van der Waals surface area contributed by atoms with Gasteiger partial charge in [0.1, 0.15) is 6.54 Å². The minimum absolute atomic E-state index is 0.0892. The number of carbonyl (C=O) groups excluding carboxylic acids is 1. The Balaban J connectivity index is 2.40. The molecule has 0 bridgehead atoms. The molecule has 0 saturated heterocycles. The number of amides is 1. The second kappa shape index (κ2) is 7.91. The zero-order valence-corrected chi connectivity index (χ0v) is 12.2. The van der Waals surface area contributed by atoms with E-state index in [4.69, 9.17) is 4.74 Å². The van der Waals surface area contributed by atoms with E-state index >= 15 is 0 Å². The number of nitrogens with one attached hydrogen (secondary N) is 1. The van der Waals surface area contributed by atoms with Crippen LogP contribution >= 0.6 is 0 Å². The maximum absolute atomic E-state index is 11.9. The first kappa shape index (κ1) is 15.7. The summed E-state index contributed by atoms with van der Waals surface area (Å²) in [5.41, 5.74) is 0.927. The van der Waals surface area contributed by atoms with E-state index in [0.29, 0.717) is 19.7 Å². The van der Waals surface area contributed by atoms with Crippen LogP contribution in [0.15, 0.2) is 12.5 Å². The van der Waals surface area contributed by atoms with Crippen LogP contribution in [0.5, 0.6) is 0 Å². The first-order valence-corrected chi connectivity index (χ1v) is 6.50. The fraction of sp³-hybridized carbons (Fsp3) is 0.692. The second-order valence-corrected chi connectivity index (χ2v) is 4.81. The Morgan fingerprint density at radius 2 is 2.32 bits per heavy atom. The molecule has 0 aliphatic carbocycles. The number of imidazole rings is 1. The Bertz CT molecular complexity index is 390. The van der Waals surface area contributed by atoms with Crippen molar-refractivity contribution in [2.75, 3.05) is 27.3 Å². The van der Waals surface area contributed by atoms with E-state index in [1.54, 1.807) is 18.3 Å². The molecule has 1 heterocycles. The van der Waals surface area contributed by atoms with Crippen molar-refractivity contribution in [3.05, 3.63) is 18.2 Å². The lowest BCUT2D eigenvalue weighted by atomic mass is 10.3. The van der Waals surface area contributed by atoms with Gasteiger partial charge in [-0.3, -0.25) is 4.79 Å². The van der Waals surface area contributed by atoms with Gasteiger partial charge in [0.05, 0.1) is 18.6 Å². The summed E-state index contributed by atoms with van der Waals surface area (Å²) in [6, 6.07) is 0.214.